The molecule has 42 heavy (non-hydrogen) atoms. The average molecular weight is 656 g/mol. The molecule has 0 N–H and O–H groups in total. The number of ether oxygens (including phenoxy) is 3. The predicted octanol–water partition coefficient (Wildman–Crippen LogP) is 5.43. The van der Waals surface area contributed by atoms with E-state index in [1.165, 1.54) is 47.3 Å². The van der Waals surface area contributed by atoms with E-state index in [1.807, 2.05) is 0 Å². The topological polar surface area (TPSA) is 79.1 Å². The van der Waals surface area contributed by atoms with Crippen molar-refractivity contribution in [2.45, 2.75) is 26.5 Å². The largest absolute Gasteiger partial charge is 0.493 e. The Morgan fingerprint density at radius 1 is 1.10 bits per heavy atom. The second kappa shape index (κ2) is 12.4. The lowest BCUT2D eigenvalue weighted by Crippen LogP contribution is -2.39. The first-order valence-electron chi connectivity index (χ1n) is 12.9. The third-order valence-corrected chi connectivity index (χ3v) is 8.12. The Labute approximate surface area is 252 Å². The number of nitrogens with zero attached hydrogens (tertiary/aromatic N) is 2. The molecule has 3 aromatic carbocycles. The summed E-state index contributed by atoms with van der Waals surface area (Å²) in [6, 6.07) is 14.3. The average Bonchev–Trinajstić information content (AvgIpc) is 3.26. The van der Waals surface area contributed by atoms with Crippen LogP contribution in [0.2, 0.25) is 0 Å². The molecule has 1 aliphatic rings. The van der Waals surface area contributed by atoms with Gasteiger partial charge in [0.1, 0.15) is 18.2 Å². The molecule has 0 radical (unpaired) electrons. The van der Waals surface area contributed by atoms with Crippen LogP contribution in [0.5, 0.6) is 11.5 Å². The first kappa shape index (κ1) is 29.4. The maximum atomic E-state index is 13.8. The number of hydrogen-bond acceptors (Lipinski definition) is 7. The predicted molar refractivity (Wildman–Crippen MR) is 158 cm³/mol. The number of hydrogen-bond donors (Lipinski definition) is 0. The molecule has 0 spiro atoms. The summed E-state index contributed by atoms with van der Waals surface area (Å²) in [6.45, 7) is 3.73. The number of esters is 1. The van der Waals surface area contributed by atoms with Crippen molar-refractivity contribution in [3.63, 3.8) is 0 Å². The standard InChI is InChI=1S/C31H25BrF2N2O5S/c1-4-40-30(38)26-17(2)35-31-36(27(26)20-7-11-22(34)12-8-20)29(37)25(42-31)15-19-13-23(32)28(24(14-19)39-3)41-16-18-5-9-21(33)10-6-18/h5-15,27H,4,16H2,1-3H3/b25-15-/t27-/m1/s1. The van der Waals surface area contributed by atoms with Crippen molar-refractivity contribution < 1.29 is 27.8 Å². The van der Waals surface area contributed by atoms with E-state index in [0.717, 1.165) is 5.56 Å². The summed E-state index contributed by atoms with van der Waals surface area (Å²) in [7, 11) is 1.51. The van der Waals surface area contributed by atoms with E-state index in [2.05, 4.69) is 20.9 Å². The van der Waals surface area contributed by atoms with Crippen LogP contribution < -0.4 is 24.4 Å². The Hall–Kier alpha value is -4.09. The summed E-state index contributed by atoms with van der Waals surface area (Å²) in [5.41, 5.74) is 2.25. The molecule has 1 atom stereocenters. The minimum Gasteiger partial charge on any atom is -0.493 e. The zero-order valence-electron chi connectivity index (χ0n) is 22.8. The zero-order valence-corrected chi connectivity index (χ0v) is 25.2. The number of fused-ring (bicyclic) bond motifs is 1. The van der Waals surface area contributed by atoms with E-state index in [1.54, 1.807) is 56.3 Å². The molecule has 0 fully saturated rings. The molecule has 1 aromatic heterocycles. The zero-order chi connectivity index (χ0) is 30.0. The van der Waals surface area contributed by atoms with Gasteiger partial charge >= 0.3 is 5.97 Å². The van der Waals surface area contributed by atoms with Gasteiger partial charge in [-0.1, -0.05) is 35.6 Å². The van der Waals surface area contributed by atoms with E-state index in [-0.39, 0.29) is 30.2 Å². The van der Waals surface area contributed by atoms with E-state index in [4.69, 9.17) is 14.2 Å². The molecule has 11 heteroatoms. The Morgan fingerprint density at radius 3 is 2.40 bits per heavy atom. The molecular formula is C31H25BrF2N2O5S. The smallest absolute Gasteiger partial charge is 0.338 e. The van der Waals surface area contributed by atoms with Crippen LogP contribution in [-0.2, 0) is 16.1 Å². The van der Waals surface area contributed by atoms with Crippen LogP contribution in [0.1, 0.15) is 36.6 Å². The number of carbonyl (C=O) groups is 1. The van der Waals surface area contributed by atoms with Crippen molar-refractivity contribution in [3.05, 3.63) is 124 Å². The van der Waals surface area contributed by atoms with Gasteiger partial charge in [-0.3, -0.25) is 9.36 Å². The molecule has 7 nitrogen and oxygen atoms in total. The van der Waals surface area contributed by atoms with E-state index in [0.29, 0.717) is 42.1 Å². The maximum Gasteiger partial charge on any atom is 0.338 e. The van der Waals surface area contributed by atoms with Gasteiger partial charge < -0.3 is 14.2 Å². The summed E-state index contributed by atoms with van der Waals surface area (Å²) in [5.74, 6) is -0.480. The molecule has 5 rings (SSSR count). The molecule has 216 valence electrons. The minimum atomic E-state index is -0.841. The van der Waals surface area contributed by atoms with Gasteiger partial charge in [-0.15, -0.1) is 0 Å². The second-order valence-corrected chi connectivity index (χ2v) is 11.2. The molecule has 1 aliphatic heterocycles. The van der Waals surface area contributed by atoms with Crippen LogP contribution in [0.15, 0.2) is 86.2 Å². The number of thiazole rings is 1. The Morgan fingerprint density at radius 2 is 1.76 bits per heavy atom. The maximum absolute atomic E-state index is 13.8. The first-order chi connectivity index (χ1) is 20.2. The van der Waals surface area contributed by atoms with Gasteiger partial charge in [-0.05, 0) is 88.9 Å². The Bertz CT molecular complexity index is 1870. The van der Waals surface area contributed by atoms with E-state index < -0.39 is 17.8 Å². The van der Waals surface area contributed by atoms with Crippen LogP contribution in [0.4, 0.5) is 8.78 Å². The number of carbonyl (C=O) groups excluding carboxylic acids is 1. The highest BCUT2D eigenvalue weighted by Crippen LogP contribution is 2.37. The van der Waals surface area contributed by atoms with E-state index >= 15 is 0 Å². The molecule has 0 unspecified atom stereocenters. The van der Waals surface area contributed by atoms with Gasteiger partial charge in [0.25, 0.3) is 5.56 Å². The molecule has 0 saturated heterocycles. The fourth-order valence-electron chi connectivity index (χ4n) is 4.60. The van der Waals surface area contributed by atoms with Gasteiger partial charge in [0.2, 0.25) is 0 Å². The minimum absolute atomic E-state index is 0.149. The molecule has 0 aliphatic carbocycles. The van der Waals surface area contributed by atoms with Crippen LogP contribution >= 0.6 is 27.3 Å². The SMILES string of the molecule is CCOC(=O)C1=C(C)N=c2s/c(=C\c3cc(Br)c(OCc4ccc(F)cc4)c(OC)c3)c(=O)n2[C@@H]1c1ccc(F)cc1. The lowest BCUT2D eigenvalue weighted by atomic mass is 9.96. The number of rotatable bonds is 8. The quantitative estimate of drug-likeness (QED) is 0.237. The van der Waals surface area contributed by atoms with Gasteiger partial charge in [0, 0.05) is 0 Å². The first-order valence-corrected chi connectivity index (χ1v) is 14.5. The summed E-state index contributed by atoms with van der Waals surface area (Å²) in [4.78, 5) is 31.8. The lowest BCUT2D eigenvalue weighted by molar-refractivity contribution is -0.139. The van der Waals surface area contributed by atoms with Crippen LogP contribution in [0.3, 0.4) is 0 Å². The fraction of sp³-hybridized carbons (Fsp3) is 0.194. The van der Waals surface area contributed by atoms with Crippen LogP contribution in [0.25, 0.3) is 6.08 Å². The van der Waals surface area contributed by atoms with Gasteiger partial charge in [-0.2, -0.15) is 0 Å². The van der Waals surface area contributed by atoms with Gasteiger partial charge in [0.05, 0.1) is 40.0 Å². The van der Waals surface area contributed by atoms with Crippen molar-refractivity contribution in [1.29, 1.82) is 0 Å². The summed E-state index contributed by atoms with van der Waals surface area (Å²) in [6.07, 6.45) is 1.70. The number of benzene rings is 3. The molecule has 0 bridgehead atoms. The molecule has 4 aromatic rings. The monoisotopic (exact) mass is 654 g/mol. The van der Waals surface area contributed by atoms with Crippen molar-refractivity contribution in [3.8, 4) is 11.5 Å². The normalized spacial score (nSPS) is 14.8. The third kappa shape index (κ3) is 5.93. The summed E-state index contributed by atoms with van der Waals surface area (Å²) >= 11 is 4.70. The van der Waals surface area contributed by atoms with Crippen molar-refractivity contribution >= 4 is 39.3 Å². The lowest BCUT2D eigenvalue weighted by Gasteiger charge is -2.24. The second-order valence-electron chi connectivity index (χ2n) is 9.30. The Balaban J connectivity index is 1.56. The third-order valence-electron chi connectivity index (χ3n) is 6.55. The molecule has 2 heterocycles. The molecule has 0 saturated carbocycles. The number of methoxy groups -OCH3 is 1. The fourth-order valence-corrected chi connectivity index (χ4v) is 6.22. The molecule has 0 amide bonds. The molecular weight excluding hydrogens is 630 g/mol. The number of halogens is 3. The van der Waals surface area contributed by atoms with Gasteiger partial charge in [-0.25, -0.2) is 18.6 Å². The summed E-state index contributed by atoms with van der Waals surface area (Å²) < 4.78 is 46.2. The Kier molecular flexibility index (Phi) is 8.69. The number of aromatic nitrogens is 1. The highest BCUT2D eigenvalue weighted by molar-refractivity contribution is 9.10. The van der Waals surface area contributed by atoms with Crippen molar-refractivity contribution in [2.75, 3.05) is 13.7 Å². The van der Waals surface area contributed by atoms with Crippen molar-refractivity contribution in [2.24, 2.45) is 4.99 Å². The van der Waals surface area contributed by atoms with E-state index in [9.17, 15) is 18.4 Å². The summed E-state index contributed by atoms with van der Waals surface area (Å²) in [5, 5.41) is 0. The highest BCUT2D eigenvalue weighted by Gasteiger charge is 2.33. The van der Waals surface area contributed by atoms with Crippen molar-refractivity contribution in [1.82, 2.24) is 4.57 Å². The van der Waals surface area contributed by atoms with Gasteiger partial charge in [0.15, 0.2) is 16.3 Å². The highest BCUT2D eigenvalue weighted by atomic mass is 79.9. The van der Waals surface area contributed by atoms with Crippen LogP contribution in [0, 0.1) is 11.6 Å². The number of allylic oxidation sites excluding steroid dienone is 1. The van der Waals surface area contributed by atoms with Crippen LogP contribution in [-0.4, -0.2) is 24.3 Å².